The Bertz CT molecular complexity index is 339. The molecule has 0 aliphatic carbocycles. The van der Waals surface area contributed by atoms with E-state index in [0.29, 0.717) is 5.75 Å². The van der Waals surface area contributed by atoms with E-state index in [1.165, 1.54) is 11.1 Å². The largest absolute Gasteiger partial charge is 0.416 e. The summed E-state index contributed by atoms with van der Waals surface area (Å²) in [5, 5.41) is 0. The van der Waals surface area contributed by atoms with Crippen LogP contribution in [-0.2, 0) is 9.94 Å². The van der Waals surface area contributed by atoms with Gasteiger partial charge < -0.3 is 9.92 Å². The number of rotatable bonds is 3. The number of amides is 1. The molecule has 2 N–H and O–H groups in total. The molecule has 0 saturated carbocycles. The fourth-order valence-corrected chi connectivity index (χ4v) is 1.78. The number of carbonyl (C=O) groups is 1. The monoisotopic (exact) mass is 211 g/mol. The number of primary amides is 1. The minimum absolute atomic E-state index is 0.634. The molecule has 76 valence electrons. The minimum Gasteiger partial charge on any atom is -0.375 e. The van der Waals surface area contributed by atoms with Crippen LogP contribution in [0.15, 0.2) is 18.2 Å². The summed E-state index contributed by atoms with van der Waals surface area (Å²) >= 11 is 1.06. The maximum Gasteiger partial charge on any atom is 0.416 e. The van der Waals surface area contributed by atoms with E-state index in [1.54, 1.807) is 0 Å². The maximum absolute atomic E-state index is 10.3. The van der Waals surface area contributed by atoms with Gasteiger partial charge in [0, 0.05) is 0 Å². The molecule has 0 radical (unpaired) electrons. The molecule has 0 heterocycles. The van der Waals surface area contributed by atoms with Gasteiger partial charge in [0.1, 0.15) is 0 Å². The van der Waals surface area contributed by atoms with Gasteiger partial charge >= 0.3 is 6.09 Å². The summed E-state index contributed by atoms with van der Waals surface area (Å²) in [4.78, 5) is 10.3. The normalized spacial score (nSPS) is 9.86. The predicted octanol–water partition coefficient (Wildman–Crippen LogP) is 2.55. The summed E-state index contributed by atoms with van der Waals surface area (Å²) in [6.07, 6.45) is -0.750. The third kappa shape index (κ3) is 3.30. The Labute approximate surface area is 87.8 Å². The van der Waals surface area contributed by atoms with E-state index in [1.807, 2.05) is 26.0 Å². The molecule has 0 aliphatic rings. The van der Waals surface area contributed by atoms with Crippen LogP contribution in [0.4, 0.5) is 4.79 Å². The Morgan fingerprint density at radius 2 is 2.21 bits per heavy atom. The summed E-state index contributed by atoms with van der Waals surface area (Å²) in [6, 6.07) is 6.16. The number of aryl methyl sites for hydroxylation is 2. The molecule has 0 atom stereocenters. The van der Waals surface area contributed by atoms with Gasteiger partial charge in [0.2, 0.25) is 0 Å². The zero-order chi connectivity index (χ0) is 10.6. The van der Waals surface area contributed by atoms with E-state index in [4.69, 9.17) is 5.73 Å². The number of hydrogen-bond acceptors (Lipinski definition) is 3. The summed E-state index contributed by atoms with van der Waals surface area (Å²) in [5.41, 5.74) is 8.42. The van der Waals surface area contributed by atoms with Gasteiger partial charge in [-0.15, -0.1) is 0 Å². The quantitative estimate of drug-likeness (QED) is 0.782. The van der Waals surface area contributed by atoms with Crippen molar-refractivity contribution in [1.29, 1.82) is 0 Å². The third-order valence-electron chi connectivity index (χ3n) is 1.85. The van der Waals surface area contributed by atoms with Crippen molar-refractivity contribution >= 4 is 18.1 Å². The Kier molecular flexibility index (Phi) is 3.83. The van der Waals surface area contributed by atoms with E-state index in [0.717, 1.165) is 17.6 Å². The topological polar surface area (TPSA) is 52.3 Å². The lowest BCUT2D eigenvalue weighted by molar-refractivity contribution is 0.218. The van der Waals surface area contributed by atoms with Crippen LogP contribution in [0.1, 0.15) is 16.7 Å². The summed E-state index contributed by atoms with van der Waals surface area (Å²) < 4.78 is 4.59. The molecule has 1 amide bonds. The average molecular weight is 211 g/mol. The Morgan fingerprint density at radius 3 is 2.79 bits per heavy atom. The lowest BCUT2D eigenvalue weighted by atomic mass is 10.1. The zero-order valence-corrected chi connectivity index (χ0v) is 9.06. The highest BCUT2D eigenvalue weighted by Crippen LogP contribution is 2.17. The highest BCUT2D eigenvalue weighted by molar-refractivity contribution is 7.94. The van der Waals surface area contributed by atoms with Gasteiger partial charge in [0.15, 0.2) is 0 Å². The Hall–Kier alpha value is -1.16. The van der Waals surface area contributed by atoms with Gasteiger partial charge in [-0.3, -0.25) is 0 Å². The second kappa shape index (κ2) is 4.91. The van der Waals surface area contributed by atoms with Gasteiger partial charge in [-0.2, -0.15) is 0 Å². The number of hydrogen-bond donors (Lipinski definition) is 1. The van der Waals surface area contributed by atoms with E-state index < -0.39 is 6.09 Å². The van der Waals surface area contributed by atoms with Crippen molar-refractivity contribution in [2.75, 3.05) is 0 Å². The molecule has 0 fully saturated rings. The van der Waals surface area contributed by atoms with Gasteiger partial charge in [0.05, 0.1) is 17.8 Å². The van der Waals surface area contributed by atoms with Crippen LogP contribution < -0.4 is 5.73 Å². The van der Waals surface area contributed by atoms with E-state index in [-0.39, 0.29) is 0 Å². The molecule has 0 saturated heterocycles. The Balaban J connectivity index is 2.55. The van der Waals surface area contributed by atoms with Crippen LogP contribution in [-0.4, -0.2) is 6.09 Å². The summed E-state index contributed by atoms with van der Waals surface area (Å²) in [7, 11) is 0. The van der Waals surface area contributed by atoms with Crippen molar-refractivity contribution < 1.29 is 8.98 Å². The third-order valence-corrected chi connectivity index (χ3v) is 2.56. The lowest BCUT2D eigenvalue weighted by Crippen LogP contribution is -2.08. The molecule has 3 nitrogen and oxygen atoms in total. The molecule has 14 heavy (non-hydrogen) atoms. The van der Waals surface area contributed by atoms with Crippen molar-refractivity contribution in [3.05, 3.63) is 34.9 Å². The lowest BCUT2D eigenvalue weighted by Gasteiger charge is -2.05. The maximum atomic E-state index is 10.3. The van der Waals surface area contributed by atoms with Crippen molar-refractivity contribution in [3.63, 3.8) is 0 Å². The van der Waals surface area contributed by atoms with Crippen LogP contribution in [0, 0.1) is 13.8 Å². The van der Waals surface area contributed by atoms with E-state index >= 15 is 0 Å². The summed E-state index contributed by atoms with van der Waals surface area (Å²) in [6.45, 7) is 4.08. The molecular weight excluding hydrogens is 198 g/mol. The van der Waals surface area contributed by atoms with Crippen molar-refractivity contribution in [2.45, 2.75) is 19.6 Å². The van der Waals surface area contributed by atoms with Crippen molar-refractivity contribution in [3.8, 4) is 0 Å². The number of carbonyl (C=O) groups excluding carboxylic acids is 1. The van der Waals surface area contributed by atoms with Gasteiger partial charge in [-0.1, -0.05) is 23.8 Å². The minimum atomic E-state index is -0.750. The van der Waals surface area contributed by atoms with Gasteiger partial charge in [-0.25, -0.2) is 4.79 Å². The molecule has 1 rings (SSSR count). The molecular formula is C10H13NO2S. The van der Waals surface area contributed by atoms with Crippen LogP contribution in [0.5, 0.6) is 0 Å². The second-order valence-corrected chi connectivity index (χ2v) is 3.79. The van der Waals surface area contributed by atoms with Crippen LogP contribution in [0.3, 0.4) is 0 Å². The highest BCUT2D eigenvalue weighted by atomic mass is 32.2. The fraction of sp³-hybridized carbons (Fsp3) is 0.300. The highest BCUT2D eigenvalue weighted by Gasteiger charge is 2.01. The zero-order valence-electron chi connectivity index (χ0n) is 8.24. The SMILES string of the molecule is Cc1ccc(CSOC(N)=O)c(C)c1. The van der Waals surface area contributed by atoms with E-state index in [2.05, 4.69) is 10.2 Å². The Morgan fingerprint density at radius 1 is 1.50 bits per heavy atom. The summed E-state index contributed by atoms with van der Waals surface area (Å²) in [5.74, 6) is 0.634. The van der Waals surface area contributed by atoms with Crippen LogP contribution in [0.2, 0.25) is 0 Å². The standard InChI is InChI=1S/C10H13NO2S/c1-7-3-4-9(8(2)5-7)6-14-13-10(11)12/h3-5H,6H2,1-2H3,(H2,11,12). The molecule has 1 aromatic rings. The van der Waals surface area contributed by atoms with E-state index in [9.17, 15) is 4.79 Å². The molecule has 0 unspecified atom stereocenters. The first kappa shape index (κ1) is 10.9. The smallest absolute Gasteiger partial charge is 0.375 e. The average Bonchev–Trinajstić information content (AvgIpc) is 2.08. The molecule has 0 aliphatic heterocycles. The molecule has 0 bridgehead atoms. The van der Waals surface area contributed by atoms with Gasteiger partial charge in [-0.05, 0) is 25.0 Å². The number of benzene rings is 1. The van der Waals surface area contributed by atoms with Crippen LogP contribution >= 0.6 is 12.0 Å². The fourth-order valence-electron chi connectivity index (χ4n) is 1.16. The van der Waals surface area contributed by atoms with Crippen LogP contribution in [0.25, 0.3) is 0 Å². The molecule has 4 heteroatoms. The molecule has 0 aromatic heterocycles. The first-order valence-corrected chi connectivity index (χ1v) is 5.15. The predicted molar refractivity (Wildman–Crippen MR) is 57.9 cm³/mol. The second-order valence-electron chi connectivity index (χ2n) is 3.09. The van der Waals surface area contributed by atoms with Gasteiger partial charge in [0.25, 0.3) is 0 Å². The first-order chi connectivity index (χ1) is 6.59. The molecule has 1 aromatic carbocycles. The van der Waals surface area contributed by atoms with Crippen molar-refractivity contribution in [2.24, 2.45) is 5.73 Å². The molecule has 0 spiro atoms. The first-order valence-electron chi connectivity index (χ1n) is 4.24. The number of nitrogens with two attached hydrogens (primary N) is 1. The van der Waals surface area contributed by atoms with Crippen molar-refractivity contribution in [1.82, 2.24) is 0 Å².